The van der Waals surface area contributed by atoms with Crippen LogP contribution >= 0.6 is 0 Å². The minimum atomic E-state index is -0.907. The van der Waals surface area contributed by atoms with Crippen molar-refractivity contribution < 1.29 is 24.1 Å². The average Bonchev–Trinajstić information content (AvgIpc) is 3.37. The number of aromatic amines is 1. The van der Waals surface area contributed by atoms with E-state index in [-0.39, 0.29) is 18.8 Å². The third-order valence-corrected chi connectivity index (χ3v) is 6.57. The summed E-state index contributed by atoms with van der Waals surface area (Å²) in [5.74, 6) is 2.29. The summed E-state index contributed by atoms with van der Waals surface area (Å²) in [4.78, 5) is 26.1. The molecular formula is C32H41N5O5. The van der Waals surface area contributed by atoms with Gasteiger partial charge in [-0.05, 0) is 102 Å². The molecule has 10 nitrogen and oxygen atoms in total. The molecule has 0 fully saturated rings. The molecule has 3 N–H and O–H groups in total. The Morgan fingerprint density at radius 2 is 2.05 bits per heavy atom. The maximum atomic E-state index is 12.7. The van der Waals surface area contributed by atoms with E-state index in [1.165, 1.54) is 5.56 Å². The summed E-state index contributed by atoms with van der Waals surface area (Å²) < 4.78 is 17.5. The minimum absolute atomic E-state index is 0.00580. The lowest BCUT2D eigenvalue weighted by Crippen LogP contribution is -2.39. The zero-order valence-electron chi connectivity index (χ0n) is 25.2. The summed E-state index contributed by atoms with van der Waals surface area (Å²) in [5, 5.41) is 13.3. The van der Waals surface area contributed by atoms with Crippen molar-refractivity contribution in [2.45, 2.75) is 72.4 Å². The molecule has 1 atom stereocenters. The van der Waals surface area contributed by atoms with Crippen LogP contribution in [-0.4, -0.2) is 63.9 Å². The van der Waals surface area contributed by atoms with Crippen molar-refractivity contribution in [2.24, 2.45) is 4.99 Å². The van der Waals surface area contributed by atoms with Gasteiger partial charge in [0, 0.05) is 31.0 Å². The highest BCUT2D eigenvalue weighted by Crippen LogP contribution is 2.38. The van der Waals surface area contributed by atoms with Crippen molar-refractivity contribution in [1.82, 2.24) is 14.9 Å². The van der Waals surface area contributed by atoms with Gasteiger partial charge in [0.15, 0.2) is 0 Å². The van der Waals surface area contributed by atoms with Gasteiger partial charge in [-0.1, -0.05) is 6.07 Å². The van der Waals surface area contributed by atoms with Gasteiger partial charge < -0.3 is 34.5 Å². The molecule has 42 heavy (non-hydrogen) atoms. The van der Waals surface area contributed by atoms with Gasteiger partial charge in [0.05, 0.1) is 18.3 Å². The first-order valence-electron chi connectivity index (χ1n) is 14.1. The Bertz CT molecular complexity index is 1440. The number of rotatable bonds is 10. The lowest BCUT2D eigenvalue weighted by molar-refractivity contribution is 0.0168. The smallest absolute Gasteiger partial charge is 0.410 e. The number of aliphatic imine (C=N–C) groups is 1. The molecule has 0 aliphatic carbocycles. The molecule has 0 bridgehead atoms. The van der Waals surface area contributed by atoms with Crippen LogP contribution in [0.4, 0.5) is 16.4 Å². The lowest BCUT2D eigenvalue weighted by atomic mass is 9.99. The highest BCUT2D eigenvalue weighted by Gasteiger charge is 2.26. The van der Waals surface area contributed by atoms with Crippen molar-refractivity contribution in [3.8, 4) is 16.9 Å². The number of aromatic nitrogens is 2. The first-order chi connectivity index (χ1) is 20.0. The monoisotopic (exact) mass is 575 g/mol. The number of aliphatic hydroxyl groups is 1. The predicted octanol–water partition coefficient (Wildman–Crippen LogP) is 6.30. The van der Waals surface area contributed by atoms with Gasteiger partial charge in [0.1, 0.15) is 35.0 Å². The topological polar surface area (TPSA) is 121 Å². The first kappa shape index (κ1) is 30.8. The molecular weight excluding hydrogens is 534 g/mol. The number of hydrogen-bond acceptors (Lipinski definition) is 8. The van der Waals surface area contributed by atoms with Crippen LogP contribution in [0, 0.1) is 0 Å². The number of amides is 1. The van der Waals surface area contributed by atoms with Gasteiger partial charge >= 0.3 is 6.09 Å². The molecule has 0 radical (unpaired) electrons. The van der Waals surface area contributed by atoms with E-state index in [1.54, 1.807) is 11.1 Å². The predicted molar refractivity (Wildman–Crippen MR) is 165 cm³/mol. The van der Waals surface area contributed by atoms with E-state index >= 15 is 0 Å². The molecule has 2 aromatic heterocycles. The number of aliphatic hydroxyl groups excluding tert-OH is 1. The number of anilines is 1. The Balaban J connectivity index is 1.56. The van der Waals surface area contributed by atoms with Crippen LogP contribution in [0.15, 0.2) is 53.8 Å². The molecule has 1 aliphatic heterocycles. The van der Waals surface area contributed by atoms with Gasteiger partial charge in [-0.3, -0.25) is 0 Å². The fourth-order valence-corrected chi connectivity index (χ4v) is 4.65. The summed E-state index contributed by atoms with van der Waals surface area (Å²) in [5.41, 5.74) is 4.05. The number of nitrogens with zero attached hydrogens (tertiary/aromatic N) is 3. The second-order valence-corrected chi connectivity index (χ2v) is 11.4. The van der Waals surface area contributed by atoms with Crippen molar-refractivity contribution in [1.29, 1.82) is 0 Å². The number of hydrogen-bond donors (Lipinski definition) is 3. The number of H-pyrrole nitrogens is 1. The molecule has 3 aromatic rings. The summed E-state index contributed by atoms with van der Waals surface area (Å²) in [6.45, 7) is 16.2. The third kappa shape index (κ3) is 7.77. The number of pyridine rings is 1. The number of nitrogens with one attached hydrogen (secondary N) is 2. The molecule has 10 heteroatoms. The average molecular weight is 576 g/mol. The number of ether oxygens (including phenoxy) is 3. The number of fused-ring (bicyclic) bond motifs is 1. The Hall–Kier alpha value is -4.15. The van der Waals surface area contributed by atoms with Gasteiger partial charge in [-0.2, -0.15) is 0 Å². The molecule has 1 unspecified atom stereocenters. The van der Waals surface area contributed by atoms with E-state index in [1.807, 2.05) is 84.1 Å². The van der Waals surface area contributed by atoms with Crippen LogP contribution in [0.25, 0.3) is 16.9 Å². The number of carbonyl (C=O) groups excluding carboxylic acids is 1. The summed E-state index contributed by atoms with van der Waals surface area (Å²) in [6.07, 6.45) is 4.91. The summed E-state index contributed by atoms with van der Waals surface area (Å²) >= 11 is 0. The second-order valence-electron chi connectivity index (χ2n) is 11.4. The number of benzene rings is 1. The molecule has 0 spiro atoms. The zero-order valence-corrected chi connectivity index (χ0v) is 25.2. The van der Waals surface area contributed by atoms with Crippen molar-refractivity contribution in [3.05, 3.63) is 65.5 Å². The Morgan fingerprint density at radius 1 is 1.26 bits per heavy atom. The highest BCUT2D eigenvalue weighted by atomic mass is 16.6. The Morgan fingerprint density at radius 3 is 2.74 bits per heavy atom. The SMILES string of the molecule is C=Nc1[nH]cc(-c2ccnc(NC(O)COC(C)C)c2)c1/C(=C\C)Oc1ccc2c(c1)CN(C(=O)OC(C)(C)C)CC2. The molecule has 224 valence electrons. The van der Waals surface area contributed by atoms with Crippen LogP contribution in [0.2, 0.25) is 0 Å². The zero-order chi connectivity index (χ0) is 30.4. The maximum Gasteiger partial charge on any atom is 0.410 e. The van der Waals surface area contributed by atoms with Crippen molar-refractivity contribution in [2.75, 3.05) is 18.5 Å². The van der Waals surface area contributed by atoms with E-state index in [9.17, 15) is 9.90 Å². The molecule has 3 heterocycles. The fourth-order valence-electron chi connectivity index (χ4n) is 4.65. The second kappa shape index (κ2) is 13.2. The van der Waals surface area contributed by atoms with Crippen molar-refractivity contribution in [3.63, 3.8) is 0 Å². The van der Waals surface area contributed by atoms with Crippen LogP contribution in [0.1, 0.15) is 58.2 Å². The summed E-state index contributed by atoms with van der Waals surface area (Å²) in [7, 11) is 0. The van der Waals surface area contributed by atoms with E-state index < -0.39 is 11.8 Å². The minimum Gasteiger partial charge on any atom is -0.457 e. The first-order valence-corrected chi connectivity index (χ1v) is 14.1. The van der Waals surface area contributed by atoms with Gasteiger partial charge in [-0.15, -0.1) is 0 Å². The number of carbonyl (C=O) groups is 1. The van der Waals surface area contributed by atoms with E-state index in [2.05, 4.69) is 27.0 Å². The van der Waals surface area contributed by atoms with Crippen LogP contribution in [0.5, 0.6) is 5.75 Å². The fraction of sp³-hybridized carbons (Fsp3) is 0.406. The Labute approximate surface area is 247 Å². The standard InChI is InChI=1S/C32H41N5O5/c1-8-26(41-24-10-9-21-12-14-37(18-23(21)15-24)31(39)42-32(4,5)6)29-25(17-35-30(29)33-7)22-11-13-34-27(16-22)36-28(38)19-40-20(2)3/h8-11,13,15-17,20,28,35,38H,7,12,14,18-19H2,1-6H3,(H,34,36)/b26-8+. The van der Waals surface area contributed by atoms with Crippen LogP contribution < -0.4 is 10.1 Å². The molecule has 1 aliphatic rings. The van der Waals surface area contributed by atoms with Crippen molar-refractivity contribution >= 4 is 30.2 Å². The largest absolute Gasteiger partial charge is 0.457 e. The lowest BCUT2D eigenvalue weighted by Gasteiger charge is -2.31. The van der Waals surface area contributed by atoms with E-state index in [0.717, 1.165) is 28.7 Å². The normalized spacial score (nSPS) is 14.4. The van der Waals surface area contributed by atoms with Crippen LogP contribution in [-0.2, 0) is 22.4 Å². The third-order valence-electron chi connectivity index (χ3n) is 6.57. The van der Waals surface area contributed by atoms with E-state index in [0.29, 0.717) is 36.2 Å². The van der Waals surface area contributed by atoms with E-state index in [4.69, 9.17) is 14.2 Å². The van der Waals surface area contributed by atoms with Gasteiger partial charge in [0.25, 0.3) is 0 Å². The summed E-state index contributed by atoms with van der Waals surface area (Å²) in [6, 6.07) is 9.67. The Kier molecular flexibility index (Phi) is 9.70. The quantitative estimate of drug-likeness (QED) is 0.147. The van der Waals surface area contributed by atoms with Gasteiger partial charge in [-0.25, -0.2) is 14.8 Å². The molecule has 4 rings (SSSR count). The molecule has 0 saturated carbocycles. The molecule has 0 saturated heterocycles. The van der Waals surface area contributed by atoms with Crippen LogP contribution in [0.3, 0.4) is 0 Å². The maximum absolute atomic E-state index is 12.7. The highest BCUT2D eigenvalue weighted by molar-refractivity contribution is 5.86. The number of allylic oxidation sites excluding steroid dienone is 1. The molecule has 1 aromatic carbocycles. The molecule has 1 amide bonds. The van der Waals surface area contributed by atoms with Gasteiger partial charge in [0.2, 0.25) is 0 Å².